The molecule has 0 fully saturated rings. The Morgan fingerprint density at radius 2 is 2.16 bits per heavy atom. The van der Waals surface area contributed by atoms with Crippen molar-refractivity contribution in [2.45, 2.75) is 6.92 Å². The predicted molar refractivity (Wildman–Crippen MR) is 87.3 cm³/mol. The molecular weight excluding hydrogens is 298 g/mol. The number of thiophene rings is 1. The predicted octanol–water partition coefficient (Wildman–Crippen LogP) is 4.11. The summed E-state index contributed by atoms with van der Waals surface area (Å²) in [7, 11) is 0. The number of nitrogens with one attached hydrogen (secondary N) is 2. The van der Waals surface area contributed by atoms with Crippen molar-refractivity contribution in [3.05, 3.63) is 51.7 Å². The van der Waals surface area contributed by atoms with Crippen LogP contribution in [0, 0.1) is 0 Å². The number of hydrazone groups is 1. The smallest absolute Gasteiger partial charge is 0.191 e. The molecule has 0 spiro atoms. The van der Waals surface area contributed by atoms with E-state index in [4.69, 9.17) is 23.8 Å². The molecule has 19 heavy (non-hydrogen) atoms. The first-order valence-corrected chi connectivity index (χ1v) is 7.22. The highest BCUT2D eigenvalue weighted by atomic mass is 35.5. The van der Waals surface area contributed by atoms with Crippen molar-refractivity contribution >= 4 is 51.7 Å². The highest BCUT2D eigenvalue weighted by Crippen LogP contribution is 2.14. The molecule has 98 valence electrons. The van der Waals surface area contributed by atoms with Gasteiger partial charge in [0.25, 0.3) is 0 Å². The van der Waals surface area contributed by atoms with E-state index in [-0.39, 0.29) is 0 Å². The number of nitrogens with zero attached hydrogens (tertiary/aromatic N) is 1. The molecule has 2 rings (SSSR count). The van der Waals surface area contributed by atoms with E-state index in [0.717, 1.165) is 16.3 Å². The van der Waals surface area contributed by atoms with Gasteiger partial charge in [-0.15, -0.1) is 11.3 Å². The van der Waals surface area contributed by atoms with Crippen LogP contribution in [0.2, 0.25) is 5.02 Å². The van der Waals surface area contributed by atoms with E-state index in [0.29, 0.717) is 10.1 Å². The van der Waals surface area contributed by atoms with Crippen molar-refractivity contribution in [1.29, 1.82) is 0 Å². The number of thiocarbonyl (C=S) groups is 1. The molecule has 1 heterocycles. The maximum Gasteiger partial charge on any atom is 0.191 e. The third-order valence-corrected chi connectivity index (χ3v) is 3.69. The van der Waals surface area contributed by atoms with Gasteiger partial charge < -0.3 is 5.32 Å². The summed E-state index contributed by atoms with van der Waals surface area (Å²) in [6.45, 7) is 1.93. The van der Waals surface area contributed by atoms with Crippen LogP contribution in [0.25, 0.3) is 0 Å². The Bertz CT molecular complexity index is 594. The van der Waals surface area contributed by atoms with Gasteiger partial charge in [-0.1, -0.05) is 23.7 Å². The molecular formula is C13H12ClN3S2. The molecule has 3 nitrogen and oxygen atoms in total. The van der Waals surface area contributed by atoms with Crippen LogP contribution in [-0.2, 0) is 0 Å². The lowest BCUT2D eigenvalue weighted by Gasteiger charge is -2.07. The number of anilines is 1. The van der Waals surface area contributed by atoms with E-state index in [2.05, 4.69) is 15.8 Å². The summed E-state index contributed by atoms with van der Waals surface area (Å²) in [6.07, 6.45) is 0. The van der Waals surface area contributed by atoms with Crippen LogP contribution in [0.5, 0.6) is 0 Å². The highest BCUT2D eigenvalue weighted by Gasteiger charge is 2.00. The van der Waals surface area contributed by atoms with Gasteiger partial charge >= 0.3 is 0 Å². The Balaban J connectivity index is 1.93. The van der Waals surface area contributed by atoms with Crippen LogP contribution in [0.1, 0.15) is 11.8 Å². The van der Waals surface area contributed by atoms with Gasteiger partial charge in [-0.3, -0.25) is 5.43 Å². The summed E-state index contributed by atoms with van der Waals surface area (Å²) < 4.78 is 0. The standard InChI is InChI=1S/C13H12ClN3S2/c1-9(12-6-3-7-19-12)16-17-13(18)15-11-5-2-4-10(14)8-11/h2-8H,1H3,(H2,15,17,18)/b16-9-. The van der Waals surface area contributed by atoms with Gasteiger partial charge in [-0.2, -0.15) is 5.10 Å². The molecule has 0 saturated carbocycles. The van der Waals surface area contributed by atoms with Gasteiger partial charge in [0.15, 0.2) is 5.11 Å². The van der Waals surface area contributed by atoms with Gasteiger partial charge in [0.05, 0.1) is 5.71 Å². The normalized spacial score (nSPS) is 11.2. The molecule has 1 aromatic carbocycles. The lowest BCUT2D eigenvalue weighted by Crippen LogP contribution is -2.24. The first-order chi connectivity index (χ1) is 9.15. The third kappa shape index (κ3) is 4.31. The van der Waals surface area contributed by atoms with E-state index < -0.39 is 0 Å². The van der Waals surface area contributed by atoms with Gasteiger partial charge in [-0.25, -0.2) is 0 Å². The van der Waals surface area contributed by atoms with Crippen LogP contribution in [-0.4, -0.2) is 10.8 Å². The summed E-state index contributed by atoms with van der Waals surface area (Å²) in [5.74, 6) is 0. The zero-order chi connectivity index (χ0) is 13.7. The average molecular weight is 310 g/mol. The molecule has 0 radical (unpaired) electrons. The maximum absolute atomic E-state index is 5.89. The average Bonchev–Trinajstić information content (AvgIpc) is 2.90. The Labute approximate surface area is 126 Å². The Kier molecular flexibility index (Phi) is 4.90. The molecule has 0 unspecified atom stereocenters. The molecule has 6 heteroatoms. The molecule has 0 saturated heterocycles. The molecule has 2 N–H and O–H groups in total. The van der Waals surface area contributed by atoms with E-state index in [9.17, 15) is 0 Å². The van der Waals surface area contributed by atoms with Crippen molar-refractivity contribution in [3.63, 3.8) is 0 Å². The van der Waals surface area contributed by atoms with Crippen LogP contribution < -0.4 is 10.7 Å². The van der Waals surface area contributed by atoms with Gasteiger partial charge in [0, 0.05) is 15.6 Å². The van der Waals surface area contributed by atoms with Crippen molar-refractivity contribution in [3.8, 4) is 0 Å². The monoisotopic (exact) mass is 309 g/mol. The molecule has 0 aliphatic carbocycles. The SMILES string of the molecule is C/C(=N/NC(=S)Nc1cccc(Cl)c1)c1cccs1. The molecule has 0 atom stereocenters. The first kappa shape index (κ1) is 14.0. The first-order valence-electron chi connectivity index (χ1n) is 5.56. The second kappa shape index (κ2) is 6.65. The second-order valence-electron chi connectivity index (χ2n) is 3.75. The fraction of sp³-hybridized carbons (Fsp3) is 0.0769. The summed E-state index contributed by atoms with van der Waals surface area (Å²) in [5.41, 5.74) is 4.53. The minimum absolute atomic E-state index is 0.429. The highest BCUT2D eigenvalue weighted by molar-refractivity contribution is 7.80. The maximum atomic E-state index is 5.89. The van der Waals surface area contributed by atoms with Crippen molar-refractivity contribution in [1.82, 2.24) is 5.43 Å². The number of benzene rings is 1. The minimum atomic E-state index is 0.429. The molecule has 1 aromatic heterocycles. The van der Waals surface area contributed by atoms with Crippen molar-refractivity contribution in [2.75, 3.05) is 5.32 Å². The minimum Gasteiger partial charge on any atom is -0.331 e. The van der Waals surface area contributed by atoms with Crippen LogP contribution in [0.4, 0.5) is 5.69 Å². The van der Waals surface area contributed by atoms with Crippen molar-refractivity contribution < 1.29 is 0 Å². The quantitative estimate of drug-likeness (QED) is 0.509. The van der Waals surface area contributed by atoms with Crippen LogP contribution in [0.15, 0.2) is 46.9 Å². The second-order valence-corrected chi connectivity index (χ2v) is 5.54. The van der Waals surface area contributed by atoms with E-state index in [1.165, 1.54) is 0 Å². The Hall–Kier alpha value is -1.43. The molecule has 0 aliphatic rings. The summed E-state index contributed by atoms with van der Waals surface area (Å²) in [4.78, 5) is 1.11. The fourth-order valence-electron chi connectivity index (χ4n) is 1.40. The van der Waals surface area contributed by atoms with E-state index >= 15 is 0 Å². The van der Waals surface area contributed by atoms with E-state index in [1.54, 1.807) is 17.4 Å². The zero-order valence-electron chi connectivity index (χ0n) is 10.2. The lowest BCUT2D eigenvalue weighted by atomic mass is 10.3. The Morgan fingerprint density at radius 1 is 1.32 bits per heavy atom. The molecule has 0 amide bonds. The number of rotatable bonds is 3. The summed E-state index contributed by atoms with van der Waals surface area (Å²) in [5, 5.41) is 10.3. The number of hydrogen-bond acceptors (Lipinski definition) is 3. The topological polar surface area (TPSA) is 36.4 Å². The van der Waals surface area contributed by atoms with E-state index in [1.807, 2.05) is 42.6 Å². The fourth-order valence-corrected chi connectivity index (χ4v) is 2.43. The number of halogens is 1. The third-order valence-electron chi connectivity index (χ3n) is 2.29. The largest absolute Gasteiger partial charge is 0.331 e. The summed E-state index contributed by atoms with van der Waals surface area (Å²) in [6, 6.07) is 11.3. The van der Waals surface area contributed by atoms with Gasteiger partial charge in [0.2, 0.25) is 0 Å². The van der Waals surface area contributed by atoms with Crippen LogP contribution >= 0.6 is 35.2 Å². The van der Waals surface area contributed by atoms with Crippen molar-refractivity contribution in [2.24, 2.45) is 5.10 Å². The number of hydrogen-bond donors (Lipinski definition) is 2. The molecule has 0 aliphatic heterocycles. The molecule has 2 aromatic rings. The summed E-state index contributed by atoms with van der Waals surface area (Å²) >= 11 is 12.7. The lowest BCUT2D eigenvalue weighted by molar-refractivity contribution is 1.04. The zero-order valence-corrected chi connectivity index (χ0v) is 12.6. The van der Waals surface area contributed by atoms with Gasteiger partial charge in [0.1, 0.15) is 0 Å². The van der Waals surface area contributed by atoms with Crippen LogP contribution in [0.3, 0.4) is 0 Å². The molecule has 0 bridgehead atoms. The Morgan fingerprint density at radius 3 is 2.84 bits per heavy atom. The van der Waals surface area contributed by atoms with Gasteiger partial charge in [-0.05, 0) is 48.8 Å².